The third-order valence-electron chi connectivity index (χ3n) is 4.05. The molecule has 2 heterocycles. The van der Waals surface area contributed by atoms with Crippen molar-refractivity contribution in [1.29, 1.82) is 5.53 Å². The highest BCUT2D eigenvalue weighted by Gasteiger charge is 2.31. The summed E-state index contributed by atoms with van der Waals surface area (Å²) in [6.45, 7) is 1.77. The monoisotopic (exact) mass is 401 g/mol. The molecule has 0 aromatic rings. The number of aliphatic imine (C=N–C) groups is 1. The maximum atomic E-state index is 11.9. The highest BCUT2D eigenvalue weighted by Crippen LogP contribution is 2.29. The van der Waals surface area contributed by atoms with Gasteiger partial charge in [-0.25, -0.2) is 5.01 Å². The van der Waals surface area contributed by atoms with E-state index in [4.69, 9.17) is 5.53 Å². The van der Waals surface area contributed by atoms with E-state index in [1.165, 1.54) is 11.8 Å². The summed E-state index contributed by atoms with van der Waals surface area (Å²) >= 11 is 1.46. The smallest absolute Gasteiger partial charge is 0.228 e. The van der Waals surface area contributed by atoms with Gasteiger partial charge >= 0.3 is 0 Å². The fraction of sp³-hybridized carbons (Fsp3) is 0.353. The zero-order chi connectivity index (χ0) is 20.1. The van der Waals surface area contributed by atoms with E-state index in [1.54, 1.807) is 20.0 Å². The number of allylic oxidation sites excluding steroid dienone is 3. The number of hydrogen-bond donors (Lipinski definition) is 4. The maximum absolute atomic E-state index is 11.9. The zero-order valence-corrected chi connectivity index (χ0v) is 16.7. The summed E-state index contributed by atoms with van der Waals surface area (Å²) in [4.78, 5) is 18.1. The molecular weight excluding hydrogens is 378 g/mol. The number of nitrogens with zero attached hydrogens (tertiary/aromatic N) is 5. The van der Waals surface area contributed by atoms with Gasteiger partial charge in [0.25, 0.3) is 0 Å². The van der Waals surface area contributed by atoms with Crippen molar-refractivity contribution in [2.45, 2.75) is 19.8 Å². The molecule has 0 saturated heterocycles. The van der Waals surface area contributed by atoms with Crippen molar-refractivity contribution in [3.8, 4) is 0 Å². The number of hydrogen-bond acceptors (Lipinski definition) is 8. The minimum atomic E-state index is 0.0626. The lowest BCUT2D eigenvalue weighted by Gasteiger charge is -2.25. The Hall–Kier alpha value is -3.08. The first-order valence-corrected chi connectivity index (χ1v) is 9.56. The van der Waals surface area contributed by atoms with Crippen LogP contribution in [0.5, 0.6) is 0 Å². The first kappa shape index (κ1) is 19.7. The summed E-state index contributed by atoms with van der Waals surface area (Å²) in [5.74, 6) is 1.72. The van der Waals surface area contributed by atoms with E-state index in [1.807, 2.05) is 41.5 Å². The lowest BCUT2D eigenvalue weighted by Crippen LogP contribution is -2.35. The fourth-order valence-corrected chi connectivity index (χ4v) is 3.20. The molecule has 1 fully saturated rings. The fourth-order valence-electron chi connectivity index (χ4n) is 2.42. The van der Waals surface area contributed by atoms with Crippen LogP contribution in [-0.2, 0) is 4.79 Å². The minimum absolute atomic E-state index is 0.0626. The summed E-state index contributed by atoms with van der Waals surface area (Å²) < 4.78 is 0. The van der Waals surface area contributed by atoms with E-state index >= 15 is 0 Å². The third kappa shape index (κ3) is 5.00. The van der Waals surface area contributed by atoms with Gasteiger partial charge < -0.3 is 15.5 Å². The van der Waals surface area contributed by atoms with Gasteiger partial charge in [-0.15, -0.1) is 5.10 Å². The van der Waals surface area contributed by atoms with Crippen LogP contribution in [0.3, 0.4) is 0 Å². The Labute approximate surface area is 167 Å². The molecule has 28 heavy (non-hydrogen) atoms. The largest absolute Gasteiger partial charge is 0.331 e. The molecule has 0 aromatic heterocycles. The molecule has 0 atom stereocenters. The number of fused-ring (bicyclic) bond motifs is 1. The lowest BCUT2D eigenvalue weighted by atomic mass is 10.4. The molecular formula is C17H23N9OS. The quantitative estimate of drug-likeness (QED) is 0.234. The van der Waals surface area contributed by atoms with E-state index in [0.717, 1.165) is 28.9 Å². The number of thioether (sulfide) groups is 1. The van der Waals surface area contributed by atoms with Crippen molar-refractivity contribution in [2.75, 3.05) is 14.1 Å². The van der Waals surface area contributed by atoms with Crippen molar-refractivity contribution < 1.29 is 4.79 Å². The van der Waals surface area contributed by atoms with Crippen molar-refractivity contribution in [1.82, 2.24) is 26.0 Å². The second-order valence-electron chi connectivity index (χ2n) is 6.37. The first-order valence-electron chi connectivity index (χ1n) is 8.74. The molecule has 0 unspecified atom stereocenters. The highest BCUT2D eigenvalue weighted by molar-refractivity contribution is 8.17. The normalized spacial score (nSPS) is 19.2. The summed E-state index contributed by atoms with van der Waals surface area (Å²) in [7, 11) is 3.60. The number of amides is 1. The second kappa shape index (κ2) is 8.74. The average molecular weight is 402 g/mol. The SMILES string of the molecule is CN=C(SC1=CC=C2NC(NC(=O)C3CC3)=CN2N1)N(C)/C=C/C(C)=N/N=N. The van der Waals surface area contributed by atoms with Crippen LogP contribution in [0.4, 0.5) is 0 Å². The Morgan fingerprint density at radius 2 is 2.25 bits per heavy atom. The molecule has 3 aliphatic rings. The first-order chi connectivity index (χ1) is 13.5. The number of nitrogens with one attached hydrogen (secondary N) is 4. The van der Waals surface area contributed by atoms with Crippen LogP contribution in [0.25, 0.3) is 0 Å². The number of carbonyl (C=O) groups is 1. The Morgan fingerprint density at radius 1 is 1.46 bits per heavy atom. The second-order valence-corrected chi connectivity index (χ2v) is 7.38. The van der Waals surface area contributed by atoms with Crippen molar-refractivity contribution in [3.63, 3.8) is 0 Å². The molecule has 4 N–H and O–H groups in total. The zero-order valence-electron chi connectivity index (χ0n) is 15.9. The van der Waals surface area contributed by atoms with Crippen LogP contribution in [0.15, 0.2) is 62.6 Å². The molecule has 3 rings (SSSR count). The van der Waals surface area contributed by atoms with Crippen LogP contribution in [0, 0.1) is 11.4 Å². The summed E-state index contributed by atoms with van der Waals surface area (Å²) in [6, 6.07) is 0. The van der Waals surface area contributed by atoms with Gasteiger partial charge in [-0.1, -0.05) is 5.22 Å². The molecule has 0 radical (unpaired) electrons. The van der Waals surface area contributed by atoms with Gasteiger partial charge in [-0.3, -0.25) is 15.2 Å². The summed E-state index contributed by atoms with van der Waals surface area (Å²) in [5, 5.41) is 16.2. The molecule has 10 nitrogen and oxygen atoms in total. The molecule has 1 amide bonds. The molecule has 11 heteroatoms. The van der Waals surface area contributed by atoms with E-state index in [-0.39, 0.29) is 11.8 Å². The highest BCUT2D eigenvalue weighted by atomic mass is 32.2. The number of hydrazine groups is 1. The van der Waals surface area contributed by atoms with Crippen LogP contribution in [-0.4, -0.2) is 40.8 Å². The molecule has 0 spiro atoms. The van der Waals surface area contributed by atoms with Crippen LogP contribution in [0.1, 0.15) is 19.8 Å². The lowest BCUT2D eigenvalue weighted by molar-refractivity contribution is -0.121. The van der Waals surface area contributed by atoms with E-state index in [9.17, 15) is 4.79 Å². The van der Waals surface area contributed by atoms with Gasteiger partial charge in [0.05, 0.1) is 16.9 Å². The van der Waals surface area contributed by atoms with Crippen LogP contribution >= 0.6 is 11.8 Å². The van der Waals surface area contributed by atoms with Crippen molar-refractivity contribution >= 4 is 28.5 Å². The minimum Gasteiger partial charge on any atom is -0.331 e. The van der Waals surface area contributed by atoms with Gasteiger partial charge in [0.1, 0.15) is 11.6 Å². The van der Waals surface area contributed by atoms with E-state index in [2.05, 4.69) is 31.4 Å². The summed E-state index contributed by atoms with van der Waals surface area (Å²) in [5.41, 5.74) is 10.6. The molecule has 2 aliphatic heterocycles. The maximum Gasteiger partial charge on any atom is 0.228 e. The predicted octanol–water partition coefficient (Wildman–Crippen LogP) is 1.99. The number of amidine groups is 1. The number of rotatable bonds is 6. The van der Waals surface area contributed by atoms with Crippen LogP contribution in [0.2, 0.25) is 0 Å². The Balaban J connectivity index is 1.58. The molecule has 0 bridgehead atoms. The van der Waals surface area contributed by atoms with Gasteiger partial charge in [0.15, 0.2) is 5.17 Å². The summed E-state index contributed by atoms with van der Waals surface area (Å²) in [6.07, 6.45) is 11.2. The van der Waals surface area contributed by atoms with Gasteiger partial charge in [-0.05, 0) is 49.8 Å². The Morgan fingerprint density at radius 3 is 2.93 bits per heavy atom. The molecule has 1 aliphatic carbocycles. The molecule has 0 aromatic carbocycles. The molecule has 1 saturated carbocycles. The topological polar surface area (TPSA) is 121 Å². The standard InChI is InChI=1S/C17H23N9OS/c1-11(22-24-18)8-9-25(3)17(19-2)28-15-7-6-14-20-13(10-26(14)23-15)21-16(27)12-4-5-12/h6-10,12,18,20,23H,4-5H2,1-3H3,(H,21,27)/b9-8+,19-17?,22-11+,24-18?. The number of carbonyl (C=O) groups excluding carboxylic acids is 1. The molecule has 148 valence electrons. The Kier molecular flexibility index (Phi) is 6.14. The van der Waals surface area contributed by atoms with Gasteiger partial charge in [-0.2, -0.15) is 5.53 Å². The van der Waals surface area contributed by atoms with Crippen LogP contribution < -0.4 is 16.1 Å². The third-order valence-corrected chi connectivity index (χ3v) is 5.15. The van der Waals surface area contributed by atoms with Crippen molar-refractivity contribution in [3.05, 3.63) is 47.3 Å². The van der Waals surface area contributed by atoms with E-state index < -0.39 is 0 Å². The van der Waals surface area contributed by atoms with Gasteiger partial charge in [0.2, 0.25) is 5.91 Å². The van der Waals surface area contributed by atoms with E-state index in [0.29, 0.717) is 11.5 Å². The van der Waals surface area contributed by atoms with Crippen molar-refractivity contribution in [2.24, 2.45) is 21.2 Å². The predicted molar refractivity (Wildman–Crippen MR) is 109 cm³/mol. The average Bonchev–Trinajstić information content (AvgIpc) is 3.45. The van der Waals surface area contributed by atoms with Gasteiger partial charge in [0, 0.05) is 26.2 Å². The Bertz CT molecular complexity index is 836.